The lowest BCUT2D eigenvalue weighted by Crippen LogP contribution is -2.32. The topological polar surface area (TPSA) is 98.7 Å². The maximum atomic E-state index is 13.5. The summed E-state index contributed by atoms with van der Waals surface area (Å²) in [6, 6.07) is 11.0. The highest BCUT2D eigenvalue weighted by Crippen LogP contribution is 2.27. The Bertz CT molecular complexity index is 1290. The highest BCUT2D eigenvalue weighted by atomic mass is 16.5. The Hall–Kier alpha value is -3.55. The van der Waals surface area contributed by atoms with Crippen molar-refractivity contribution in [1.29, 1.82) is 0 Å². The second kappa shape index (κ2) is 8.77. The molecule has 1 aromatic carbocycles. The molecule has 3 aromatic heterocycles. The number of benzene rings is 1. The van der Waals surface area contributed by atoms with E-state index >= 15 is 0 Å². The molecule has 0 bridgehead atoms. The fourth-order valence-electron chi connectivity index (χ4n) is 4.39. The van der Waals surface area contributed by atoms with Crippen molar-refractivity contribution < 1.29 is 9.32 Å². The number of amides is 1. The molecule has 1 aliphatic heterocycles. The van der Waals surface area contributed by atoms with Gasteiger partial charge in [0.25, 0.3) is 5.91 Å². The molecule has 8 heteroatoms. The van der Waals surface area contributed by atoms with Crippen LogP contribution >= 0.6 is 0 Å². The molecule has 0 unspecified atom stereocenters. The molecule has 1 amide bonds. The monoisotopic (exact) mass is 444 g/mol. The van der Waals surface area contributed by atoms with Crippen molar-refractivity contribution in [3.8, 4) is 11.4 Å². The Labute approximate surface area is 192 Å². The first kappa shape index (κ1) is 21.3. The van der Waals surface area contributed by atoms with Gasteiger partial charge in [0, 0.05) is 24.2 Å². The number of aromatic nitrogens is 5. The molecule has 0 radical (unpaired) electrons. The van der Waals surface area contributed by atoms with Gasteiger partial charge in [-0.3, -0.25) is 4.79 Å². The molecular formula is C25H28N6O2. The van der Waals surface area contributed by atoms with Crippen LogP contribution in [0.4, 0.5) is 0 Å². The maximum Gasteiger partial charge on any atom is 0.254 e. The Morgan fingerprint density at radius 1 is 1.09 bits per heavy atom. The van der Waals surface area contributed by atoms with E-state index in [1.54, 1.807) is 0 Å². The lowest BCUT2D eigenvalue weighted by Gasteiger charge is -2.18. The number of rotatable bonds is 5. The number of pyridine rings is 1. The molecule has 170 valence electrons. The summed E-state index contributed by atoms with van der Waals surface area (Å²) in [7, 11) is 0. The van der Waals surface area contributed by atoms with Gasteiger partial charge in [-0.25, -0.2) is 9.97 Å². The van der Waals surface area contributed by atoms with Crippen molar-refractivity contribution >= 4 is 17.1 Å². The van der Waals surface area contributed by atoms with Crippen LogP contribution in [0.15, 0.2) is 40.9 Å². The van der Waals surface area contributed by atoms with Gasteiger partial charge in [0.2, 0.25) is 11.7 Å². The largest absolute Gasteiger partial charge is 0.340 e. The number of aryl methyl sites for hydroxylation is 3. The molecule has 33 heavy (non-hydrogen) atoms. The minimum atomic E-state index is -0.425. The smallest absolute Gasteiger partial charge is 0.254 e. The van der Waals surface area contributed by atoms with Crippen LogP contribution in [0.5, 0.6) is 0 Å². The van der Waals surface area contributed by atoms with E-state index in [9.17, 15) is 4.79 Å². The number of carbonyl (C=O) groups excluding carboxylic acids is 1. The van der Waals surface area contributed by atoms with Gasteiger partial charge in [0.1, 0.15) is 17.4 Å². The first-order valence-electron chi connectivity index (χ1n) is 11.6. The number of nitrogens with one attached hydrogen (secondary N) is 1. The first-order chi connectivity index (χ1) is 16.0. The number of hydrogen-bond donors (Lipinski definition) is 1. The van der Waals surface area contributed by atoms with E-state index in [-0.39, 0.29) is 11.8 Å². The zero-order valence-corrected chi connectivity index (χ0v) is 19.2. The molecule has 0 saturated carbocycles. The summed E-state index contributed by atoms with van der Waals surface area (Å²) < 4.78 is 7.74. The lowest BCUT2D eigenvalue weighted by molar-refractivity contribution is 0.0915. The Morgan fingerprint density at radius 3 is 2.70 bits per heavy atom. The van der Waals surface area contributed by atoms with Crippen molar-refractivity contribution in [3.63, 3.8) is 0 Å². The summed E-state index contributed by atoms with van der Waals surface area (Å²) in [6.45, 7) is 6.84. The zero-order chi connectivity index (χ0) is 22.9. The Balaban J connectivity index is 1.47. The predicted octanol–water partition coefficient (Wildman–Crippen LogP) is 4.64. The minimum Gasteiger partial charge on any atom is -0.340 e. The van der Waals surface area contributed by atoms with Gasteiger partial charge in [-0.05, 0) is 31.7 Å². The highest BCUT2D eigenvalue weighted by Gasteiger charge is 2.28. The minimum absolute atomic E-state index is 0.0511. The van der Waals surface area contributed by atoms with Gasteiger partial charge in [0.15, 0.2) is 5.65 Å². The lowest BCUT2D eigenvalue weighted by atomic mass is 10.0. The van der Waals surface area contributed by atoms with Gasteiger partial charge in [-0.2, -0.15) is 4.98 Å². The summed E-state index contributed by atoms with van der Waals surface area (Å²) in [5.74, 6) is 1.75. The molecule has 4 heterocycles. The molecule has 5 rings (SSSR count). The molecular weight excluding hydrogens is 416 g/mol. The van der Waals surface area contributed by atoms with E-state index in [2.05, 4.69) is 20.0 Å². The number of nitrogens with zero attached hydrogens (tertiary/aromatic N) is 5. The van der Waals surface area contributed by atoms with E-state index in [4.69, 9.17) is 14.5 Å². The molecule has 1 N–H and O–H groups in total. The van der Waals surface area contributed by atoms with Crippen molar-refractivity contribution in [3.05, 3.63) is 59.4 Å². The summed E-state index contributed by atoms with van der Waals surface area (Å²) >= 11 is 0. The average Bonchev–Trinajstić information content (AvgIpc) is 3.35. The summed E-state index contributed by atoms with van der Waals surface area (Å²) in [6.07, 6.45) is 4.32. The second-order valence-electron chi connectivity index (χ2n) is 8.99. The van der Waals surface area contributed by atoms with Crippen molar-refractivity contribution in [1.82, 2.24) is 30.0 Å². The normalized spacial score (nSPS) is 14.8. The van der Waals surface area contributed by atoms with E-state index in [0.29, 0.717) is 22.8 Å². The fourth-order valence-corrected chi connectivity index (χ4v) is 4.39. The van der Waals surface area contributed by atoms with Gasteiger partial charge in [-0.1, -0.05) is 55.8 Å². The van der Waals surface area contributed by atoms with E-state index in [1.165, 1.54) is 6.42 Å². The van der Waals surface area contributed by atoms with Crippen LogP contribution in [0.2, 0.25) is 0 Å². The number of hydrogen-bond acceptors (Lipinski definition) is 6. The van der Waals surface area contributed by atoms with E-state index in [0.717, 1.165) is 48.5 Å². The Kier molecular flexibility index (Phi) is 5.66. The van der Waals surface area contributed by atoms with Crippen LogP contribution in [0.1, 0.15) is 66.9 Å². The third-order valence-corrected chi connectivity index (χ3v) is 6.13. The van der Waals surface area contributed by atoms with Crippen molar-refractivity contribution in [2.24, 2.45) is 5.92 Å². The van der Waals surface area contributed by atoms with Crippen LogP contribution in [0.3, 0.4) is 0 Å². The molecule has 0 aliphatic carbocycles. The molecule has 8 nitrogen and oxygen atoms in total. The molecule has 4 aromatic rings. The molecule has 0 saturated heterocycles. The molecule has 1 aliphatic rings. The zero-order valence-electron chi connectivity index (χ0n) is 19.2. The molecule has 0 spiro atoms. The van der Waals surface area contributed by atoms with Crippen LogP contribution in [-0.2, 0) is 13.0 Å². The van der Waals surface area contributed by atoms with Crippen molar-refractivity contribution in [2.75, 3.05) is 0 Å². The SMILES string of the molecule is Cc1cc(C(=O)N[C@H](c2nc(-c3ccccc3)no2)C(C)C)c2nc3n(c2n1)CCCCC3. The van der Waals surface area contributed by atoms with Crippen molar-refractivity contribution in [2.45, 2.75) is 59.0 Å². The van der Waals surface area contributed by atoms with Gasteiger partial charge >= 0.3 is 0 Å². The second-order valence-corrected chi connectivity index (χ2v) is 8.99. The standard InChI is InChI=1S/C25H28N6O2/c1-15(2)20(25-29-22(30-33-25)17-10-6-4-7-11-17)28-24(32)18-14-16(3)26-23-21(18)27-19-12-8-5-9-13-31(19)23/h4,6-7,10-11,14-15,20H,5,8-9,12-13H2,1-3H3,(H,28,32)/t20-/m0/s1. The molecule has 1 atom stereocenters. The van der Waals surface area contributed by atoms with E-state index in [1.807, 2.05) is 57.2 Å². The predicted molar refractivity (Wildman–Crippen MR) is 125 cm³/mol. The molecule has 0 fully saturated rings. The highest BCUT2D eigenvalue weighted by molar-refractivity contribution is 6.04. The van der Waals surface area contributed by atoms with Crippen LogP contribution in [-0.4, -0.2) is 30.6 Å². The summed E-state index contributed by atoms with van der Waals surface area (Å²) in [4.78, 5) is 27.6. The van der Waals surface area contributed by atoms with Gasteiger partial charge in [-0.15, -0.1) is 0 Å². The maximum absolute atomic E-state index is 13.5. The van der Waals surface area contributed by atoms with Gasteiger partial charge < -0.3 is 14.4 Å². The summed E-state index contributed by atoms with van der Waals surface area (Å²) in [5, 5.41) is 7.24. The van der Waals surface area contributed by atoms with Crippen LogP contribution < -0.4 is 5.32 Å². The third-order valence-electron chi connectivity index (χ3n) is 6.13. The third kappa shape index (κ3) is 4.13. The van der Waals surface area contributed by atoms with Crippen LogP contribution in [0.25, 0.3) is 22.6 Å². The number of imidazole rings is 1. The first-order valence-corrected chi connectivity index (χ1v) is 11.6. The Morgan fingerprint density at radius 2 is 1.91 bits per heavy atom. The van der Waals surface area contributed by atoms with Gasteiger partial charge in [0.05, 0.1) is 5.56 Å². The van der Waals surface area contributed by atoms with E-state index < -0.39 is 6.04 Å². The quantitative estimate of drug-likeness (QED) is 0.481. The summed E-state index contributed by atoms with van der Waals surface area (Å²) in [5.41, 5.74) is 3.65. The average molecular weight is 445 g/mol. The number of carbonyl (C=O) groups is 1. The fraction of sp³-hybridized carbons (Fsp3) is 0.400. The number of fused-ring (bicyclic) bond motifs is 3. The van der Waals surface area contributed by atoms with Crippen LogP contribution in [0, 0.1) is 12.8 Å².